The van der Waals surface area contributed by atoms with Crippen molar-refractivity contribution in [3.63, 3.8) is 0 Å². The van der Waals surface area contributed by atoms with Gasteiger partial charge in [0.25, 0.3) is 0 Å². The highest BCUT2D eigenvalue weighted by molar-refractivity contribution is 5.78. The van der Waals surface area contributed by atoms with Crippen molar-refractivity contribution in [3.05, 3.63) is 53.2 Å². The summed E-state index contributed by atoms with van der Waals surface area (Å²) in [7, 11) is 1.76. The summed E-state index contributed by atoms with van der Waals surface area (Å²) in [6.45, 7) is 1.24. The van der Waals surface area contributed by atoms with Gasteiger partial charge in [-0.2, -0.15) is 13.2 Å². The zero-order valence-corrected chi connectivity index (χ0v) is 17.2. The van der Waals surface area contributed by atoms with Crippen LogP contribution in [0.5, 0.6) is 0 Å². The Labute approximate surface area is 178 Å². The molecule has 9 heteroatoms. The van der Waals surface area contributed by atoms with Gasteiger partial charge in [0, 0.05) is 26.6 Å². The highest BCUT2D eigenvalue weighted by Gasteiger charge is 2.33. The third-order valence-electron chi connectivity index (χ3n) is 6.20. The number of alkyl halides is 3. The summed E-state index contributed by atoms with van der Waals surface area (Å²) in [6, 6.07) is 4.81. The molecule has 0 bridgehead atoms. The number of carbonyl (C=O) groups is 1. The molecule has 2 atom stereocenters. The molecular weight excluding hydrogens is 412 g/mol. The standard InChI is InChI=1S/C22H24F4N4O/c1-29-12-14(11-19(29)31)4-9-17-20(23)21(28-13-27-17)30-10-2-3-18(30)15-5-7-16(8-6-15)22(24,25)26/h5-8,13-14,18H,2-4,9-12H2,1H3. The van der Waals surface area contributed by atoms with Gasteiger partial charge < -0.3 is 9.80 Å². The van der Waals surface area contributed by atoms with Gasteiger partial charge in [0.2, 0.25) is 5.91 Å². The molecule has 0 radical (unpaired) electrons. The zero-order chi connectivity index (χ0) is 22.2. The Morgan fingerprint density at radius 1 is 1.16 bits per heavy atom. The lowest BCUT2D eigenvalue weighted by Gasteiger charge is -2.27. The Morgan fingerprint density at radius 3 is 2.55 bits per heavy atom. The number of carbonyl (C=O) groups excluding carboxylic acids is 1. The summed E-state index contributed by atoms with van der Waals surface area (Å²) in [4.78, 5) is 23.5. The second kappa shape index (κ2) is 8.43. The van der Waals surface area contributed by atoms with E-state index in [9.17, 15) is 18.0 Å². The molecule has 2 unspecified atom stereocenters. The fourth-order valence-corrected chi connectivity index (χ4v) is 4.52. The fraction of sp³-hybridized carbons (Fsp3) is 0.500. The highest BCUT2D eigenvalue weighted by atomic mass is 19.4. The number of benzene rings is 1. The third-order valence-corrected chi connectivity index (χ3v) is 6.20. The van der Waals surface area contributed by atoms with Crippen molar-refractivity contribution in [1.82, 2.24) is 14.9 Å². The summed E-state index contributed by atoms with van der Waals surface area (Å²) in [5.74, 6) is -0.0155. The van der Waals surface area contributed by atoms with E-state index < -0.39 is 17.6 Å². The average molecular weight is 436 g/mol. The van der Waals surface area contributed by atoms with Crippen LogP contribution in [0.1, 0.15) is 48.5 Å². The molecule has 0 N–H and O–H groups in total. The molecule has 0 aliphatic carbocycles. The summed E-state index contributed by atoms with van der Waals surface area (Å²) in [5, 5.41) is 0. The quantitative estimate of drug-likeness (QED) is 0.653. The van der Waals surface area contributed by atoms with Crippen molar-refractivity contribution in [1.29, 1.82) is 0 Å². The molecule has 2 aliphatic heterocycles. The molecule has 1 aromatic heterocycles. The molecule has 0 saturated carbocycles. The molecule has 2 saturated heterocycles. The van der Waals surface area contributed by atoms with Crippen LogP contribution in [0, 0.1) is 11.7 Å². The summed E-state index contributed by atoms with van der Waals surface area (Å²) in [5.41, 5.74) is 0.315. The first kappa shape index (κ1) is 21.5. The van der Waals surface area contributed by atoms with Crippen molar-refractivity contribution in [2.75, 3.05) is 25.0 Å². The lowest BCUT2D eigenvalue weighted by molar-refractivity contribution is -0.137. The number of halogens is 4. The third kappa shape index (κ3) is 4.50. The normalized spacial score (nSPS) is 21.9. The van der Waals surface area contributed by atoms with Crippen LogP contribution >= 0.6 is 0 Å². The topological polar surface area (TPSA) is 49.3 Å². The number of hydrogen-bond donors (Lipinski definition) is 0. The molecule has 3 heterocycles. The van der Waals surface area contributed by atoms with Gasteiger partial charge in [0.15, 0.2) is 11.6 Å². The van der Waals surface area contributed by atoms with Crippen LogP contribution in [0.25, 0.3) is 0 Å². The van der Waals surface area contributed by atoms with E-state index in [1.165, 1.54) is 18.5 Å². The lowest BCUT2D eigenvalue weighted by atomic mass is 10.0. The molecule has 0 spiro atoms. The van der Waals surface area contributed by atoms with Crippen LogP contribution in [0.2, 0.25) is 0 Å². The number of rotatable bonds is 5. The Kier molecular flexibility index (Phi) is 5.85. The van der Waals surface area contributed by atoms with Crippen LogP contribution in [-0.4, -0.2) is 40.9 Å². The molecular formula is C22H24F4N4O. The van der Waals surface area contributed by atoms with Gasteiger partial charge in [0.05, 0.1) is 17.3 Å². The van der Waals surface area contributed by atoms with E-state index in [2.05, 4.69) is 9.97 Å². The Bertz CT molecular complexity index is 948. The summed E-state index contributed by atoms with van der Waals surface area (Å²) < 4.78 is 53.9. The van der Waals surface area contributed by atoms with Gasteiger partial charge >= 0.3 is 6.18 Å². The number of amides is 1. The van der Waals surface area contributed by atoms with Gasteiger partial charge in [-0.1, -0.05) is 12.1 Å². The number of nitrogens with zero attached hydrogens (tertiary/aromatic N) is 4. The first-order chi connectivity index (χ1) is 14.7. The maximum atomic E-state index is 15.3. The average Bonchev–Trinajstić information content (AvgIpc) is 3.33. The maximum absolute atomic E-state index is 15.3. The van der Waals surface area contributed by atoms with E-state index in [1.54, 1.807) is 11.9 Å². The molecule has 166 valence electrons. The lowest BCUT2D eigenvalue weighted by Crippen LogP contribution is -2.25. The first-order valence-electron chi connectivity index (χ1n) is 10.4. The van der Waals surface area contributed by atoms with Crippen LogP contribution < -0.4 is 4.90 Å². The van der Waals surface area contributed by atoms with Crippen LogP contribution in [-0.2, 0) is 17.4 Å². The highest BCUT2D eigenvalue weighted by Crippen LogP contribution is 2.38. The summed E-state index contributed by atoms with van der Waals surface area (Å²) >= 11 is 0. The fourth-order valence-electron chi connectivity index (χ4n) is 4.52. The van der Waals surface area contributed by atoms with Crippen LogP contribution in [0.3, 0.4) is 0 Å². The monoisotopic (exact) mass is 436 g/mol. The smallest absolute Gasteiger partial charge is 0.347 e. The number of anilines is 1. The Balaban J connectivity index is 1.50. The van der Waals surface area contributed by atoms with Crippen molar-refractivity contribution in [2.24, 2.45) is 5.92 Å². The molecule has 2 fully saturated rings. The van der Waals surface area contributed by atoms with E-state index in [0.29, 0.717) is 50.0 Å². The van der Waals surface area contributed by atoms with E-state index in [0.717, 1.165) is 18.6 Å². The number of aryl methyl sites for hydroxylation is 1. The molecule has 2 aliphatic rings. The van der Waals surface area contributed by atoms with Crippen molar-refractivity contribution in [3.8, 4) is 0 Å². The van der Waals surface area contributed by atoms with Crippen LogP contribution in [0.4, 0.5) is 23.4 Å². The Morgan fingerprint density at radius 2 is 1.90 bits per heavy atom. The van der Waals surface area contributed by atoms with E-state index >= 15 is 4.39 Å². The van der Waals surface area contributed by atoms with Crippen molar-refractivity contribution < 1.29 is 22.4 Å². The second-order valence-electron chi connectivity index (χ2n) is 8.31. The van der Waals surface area contributed by atoms with Crippen molar-refractivity contribution >= 4 is 11.7 Å². The molecule has 4 rings (SSSR count). The van der Waals surface area contributed by atoms with E-state index in [1.807, 2.05) is 4.90 Å². The molecule has 1 aromatic carbocycles. The minimum absolute atomic E-state index is 0.102. The molecule has 2 aromatic rings. The minimum Gasteiger partial charge on any atom is -0.347 e. The number of aromatic nitrogens is 2. The van der Waals surface area contributed by atoms with E-state index in [-0.39, 0.29) is 23.7 Å². The SMILES string of the molecule is CN1CC(CCc2ncnc(N3CCCC3c3ccc(C(F)(F)F)cc3)c2F)CC1=O. The van der Waals surface area contributed by atoms with Gasteiger partial charge in [-0.3, -0.25) is 4.79 Å². The first-order valence-corrected chi connectivity index (χ1v) is 10.4. The maximum Gasteiger partial charge on any atom is 0.416 e. The zero-order valence-electron chi connectivity index (χ0n) is 17.2. The van der Waals surface area contributed by atoms with Crippen LogP contribution in [0.15, 0.2) is 30.6 Å². The van der Waals surface area contributed by atoms with Gasteiger partial charge in [-0.05, 0) is 49.3 Å². The molecule has 5 nitrogen and oxygen atoms in total. The number of likely N-dealkylation sites (tertiary alicyclic amines) is 1. The van der Waals surface area contributed by atoms with Gasteiger partial charge in [-0.25, -0.2) is 14.4 Å². The van der Waals surface area contributed by atoms with E-state index in [4.69, 9.17) is 0 Å². The largest absolute Gasteiger partial charge is 0.416 e. The second-order valence-corrected chi connectivity index (χ2v) is 8.31. The number of hydrogen-bond acceptors (Lipinski definition) is 4. The minimum atomic E-state index is -4.39. The van der Waals surface area contributed by atoms with Gasteiger partial charge in [0.1, 0.15) is 6.33 Å². The van der Waals surface area contributed by atoms with Crippen molar-refractivity contribution in [2.45, 2.75) is 44.3 Å². The predicted octanol–water partition coefficient (Wildman–Crippen LogP) is 4.39. The molecule has 1 amide bonds. The summed E-state index contributed by atoms with van der Waals surface area (Å²) in [6.07, 6.45) is -0.0142. The molecule has 31 heavy (non-hydrogen) atoms. The predicted molar refractivity (Wildman–Crippen MR) is 107 cm³/mol. The Hall–Kier alpha value is -2.71. The van der Waals surface area contributed by atoms with Gasteiger partial charge in [-0.15, -0.1) is 0 Å².